The van der Waals surface area contributed by atoms with Gasteiger partial charge < -0.3 is 5.11 Å². The van der Waals surface area contributed by atoms with Gasteiger partial charge in [0.15, 0.2) is 0 Å². The minimum atomic E-state index is -4.55. The lowest BCUT2D eigenvalue weighted by Crippen LogP contribution is -2.27. The molecule has 0 aromatic heterocycles. The maximum atomic E-state index is 13.2. The lowest BCUT2D eigenvalue weighted by Gasteiger charge is -2.28. The van der Waals surface area contributed by atoms with Gasteiger partial charge in [-0.05, 0) is 42.2 Å². The lowest BCUT2D eigenvalue weighted by molar-refractivity contribution is -0.140. The Morgan fingerprint density at radius 1 is 1.00 bits per heavy atom. The van der Waals surface area contributed by atoms with Crippen LogP contribution in [0.2, 0.25) is 0 Å². The third-order valence-electron chi connectivity index (χ3n) is 3.95. The summed E-state index contributed by atoms with van der Waals surface area (Å²) >= 11 is 0. The molecule has 5 heteroatoms. The van der Waals surface area contributed by atoms with Gasteiger partial charge in [0.05, 0.1) is 5.56 Å². The number of aryl methyl sites for hydroxylation is 1. The minimum absolute atomic E-state index is 0.110. The molecule has 3 rings (SSSR count). The topological polar surface area (TPSA) is 20.2 Å². The van der Waals surface area contributed by atoms with Gasteiger partial charge in [-0.25, -0.2) is 4.39 Å². The van der Waals surface area contributed by atoms with E-state index in [1.54, 1.807) is 0 Å². The molecule has 0 heterocycles. The molecule has 2 aromatic rings. The highest BCUT2D eigenvalue weighted by atomic mass is 19.4. The maximum Gasteiger partial charge on any atom is 0.416 e. The van der Waals surface area contributed by atoms with Crippen molar-refractivity contribution in [3.8, 4) is 0 Å². The molecule has 1 unspecified atom stereocenters. The van der Waals surface area contributed by atoms with Crippen LogP contribution >= 0.6 is 0 Å². The van der Waals surface area contributed by atoms with Gasteiger partial charge in [-0.2, -0.15) is 13.2 Å². The van der Waals surface area contributed by atoms with Crippen molar-refractivity contribution in [2.45, 2.75) is 24.6 Å². The summed E-state index contributed by atoms with van der Waals surface area (Å²) < 4.78 is 52.6. The molecule has 0 spiro atoms. The Hall–Kier alpha value is -1.88. The standard InChI is InChI=1S/C16H12F4O/c17-11-5-6-12-10(9-11)7-8-15(12,21)13-3-1-2-4-14(13)16(18,19)20/h1-6,9,21H,7-8H2. The van der Waals surface area contributed by atoms with E-state index in [1.165, 1.54) is 30.3 Å². The van der Waals surface area contributed by atoms with E-state index in [0.717, 1.165) is 12.1 Å². The van der Waals surface area contributed by atoms with E-state index in [-0.39, 0.29) is 12.0 Å². The van der Waals surface area contributed by atoms with Crippen LogP contribution in [0.15, 0.2) is 42.5 Å². The van der Waals surface area contributed by atoms with E-state index < -0.39 is 23.2 Å². The zero-order valence-electron chi connectivity index (χ0n) is 10.9. The molecule has 0 saturated heterocycles. The summed E-state index contributed by atoms with van der Waals surface area (Å²) in [6, 6.07) is 8.77. The first-order chi connectivity index (χ1) is 9.82. The van der Waals surface area contributed by atoms with Crippen LogP contribution in [0.1, 0.15) is 28.7 Å². The zero-order valence-corrected chi connectivity index (χ0v) is 10.9. The predicted octanol–water partition coefficient (Wildman–Crippen LogP) is 4.03. The van der Waals surface area contributed by atoms with Crippen molar-refractivity contribution in [2.24, 2.45) is 0 Å². The van der Waals surface area contributed by atoms with E-state index in [4.69, 9.17) is 0 Å². The highest BCUT2D eigenvalue weighted by Crippen LogP contribution is 2.46. The number of hydrogen-bond donors (Lipinski definition) is 1. The molecule has 0 saturated carbocycles. The molecule has 110 valence electrons. The number of hydrogen-bond acceptors (Lipinski definition) is 1. The van der Waals surface area contributed by atoms with E-state index in [1.807, 2.05) is 0 Å². The summed E-state index contributed by atoms with van der Waals surface area (Å²) in [6.07, 6.45) is -4.09. The molecule has 1 nitrogen and oxygen atoms in total. The molecule has 1 atom stereocenters. The van der Waals surface area contributed by atoms with Crippen LogP contribution in [0.3, 0.4) is 0 Å². The Bertz CT molecular complexity index is 693. The first-order valence-corrected chi connectivity index (χ1v) is 6.50. The highest BCUT2D eigenvalue weighted by molar-refractivity contribution is 5.48. The van der Waals surface area contributed by atoms with Crippen molar-refractivity contribution in [1.82, 2.24) is 0 Å². The van der Waals surface area contributed by atoms with Crippen LogP contribution in [0.5, 0.6) is 0 Å². The van der Waals surface area contributed by atoms with E-state index in [9.17, 15) is 22.7 Å². The minimum Gasteiger partial charge on any atom is -0.380 e. The Balaban J connectivity index is 2.19. The van der Waals surface area contributed by atoms with Crippen LogP contribution in [-0.2, 0) is 18.2 Å². The molecule has 21 heavy (non-hydrogen) atoms. The maximum absolute atomic E-state index is 13.2. The summed E-state index contributed by atoms with van der Waals surface area (Å²) in [7, 11) is 0. The number of halogens is 4. The monoisotopic (exact) mass is 296 g/mol. The molecule has 0 amide bonds. The molecule has 0 fully saturated rings. The van der Waals surface area contributed by atoms with Crippen LogP contribution < -0.4 is 0 Å². The number of rotatable bonds is 1. The quantitative estimate of drug-likeness (QED) is 0.788. The molecule has 0 radical (unpaired) electrons. The second-order valence-corrected chi connectivity index (χ2v) is 5.21. The number of alkyl halides is 3. The van der Waals surface area contributed by atoms with Gasteiger partial charge in [-0.3, -0.25) is 0 Å². The van der Waals surface area contributed by atoms with Gasteiger partial charge in [0.2, 0.25) is 0 Å². The summed E-state index contributed by atoms with van der Waals surface area (Å²) in [5.74, 6) is -0.456. The van der Waals surface area contributed by atoms with Gasteiger partial charge in [0, 0.05) is 5.56 Å². The second-order valence-electron chi connectivity index (χ2n) is 5.21. The fourth-order valence-corrected chi connectivity index (χ4v) is 2.99. The number of fused-ring (bicyclic) bond motifs is 1. The summed E-state index contributed by atoms with van der Waals surface area (Å²) in [5.41, 5.74) is -1.86. The molecule has 2 aromatic carbocycles. The van der Waals surface area contributed by atoms with Crippen molar-refractivity contribution in [2.75, 3.05) is 0 Å². The fourth-order valence-electron chi connectivity index (χ4n) is 2.99. The highest BCUT2D eigenvalue weighted by Gasteiger charge is 2.44. The van der Waals surface area contributed by atoms with Gasteiger partial charge >= 0.3 is 6.18 Å². The summed E-state index contributed by atoms with van der Waals surface area (Å²) in [5, 5.41) is 10.8. The normalized spacial score (nSPS) is 21.4. The van der Waals surface area contributed by atoms with E-state index in [2.05, 4.69) is 0 Å². The Kier molecular flexibility index (Phi) is 3.06. The average Bonchev–Trinajstić information content (AvgIpc) is 2.76. The molecule has 1 aliphatic carbocycles. The van der Waals surface area contributed by atoms with Crippen molar-refractivity contribution < 1.29 is 22.7 Å². The Morgan fingerprint density at radius 3 is 2.43 bits per heavy atom. The SMILES string of the molecule is OC1(c2ccccc2C(F)(F)F)CCc2cc(F)ccc21. The van der Waals surface area contributed by atoms with Crippen LogP contribution in [0.4, 0.5) is 17.6 Å². The van der Waals surface area contributed by atoms with Crippen molar-refractivity contribution in [3.05, 3.63) is 70.5 Å². The average molecular weight is 296 g/mol. The molecule has 1 N–H and O–H groups in total. The number of benzene rings is 2. The van der Waals surface area contributed by atoms with Crippen LogP contribution in [-0.4, -0.2) is 5.11 Å². The predicted molar refractivity (Wildman–Crippen MR) is 69.2 cm³/mol. The first-order valence-electron chi connectivity index (χ1n) is 6.50. The molecular weight excluding hydrogens is 284 g/mol. The number of aliphatic hydroxyl groups is 1. The van der Waals surface area contributed by atoms with E-state index >= 15 is 0 Å². The fraction of sp³-hybridized carbons (Fsp3) is 0.250. The third-order valence-corrected chi connectivity index (χ3v) is 3.95. The molecule has 0 bridgehead atoms. The lowest BCUT2D eigenvalue weighted by atomic mass is 9.84. The van der Waals surface area contributed by atoms with Crippen molar-refractivity contribution in [3.63, 3.8) is 0 Å². The van der Waals surface area contributed by atoms with Crippen molar-refractivity contribution >= 4 is 0 Å². The molecule has 0 aliphatic heterocycles. The van der Waals surface area contributed by atoms with E-state index in [0.29, 0.717) is 17.5 Å². The van der Waals surface area contributed by atoms with Crippen LogP contribution in [0.25, 0.3) is 0 Å². The third kappa shape index (κ3) is 2.21. The summed E-state index contributed by atoms with van der Waals surface area (Å²) in [6.45, 7) is 0. The molecule has 1 aliphatic rings. The van der Waals surface area contributed by atoms with Gasteiger partial charge in [-0.15, -0.1) is 0 Å². The first kappa shape index (κ1) is 14.1. The Labute approximate surface area is 118 Å². The van der Waals surface area contributed by atoms with Gasteiger partial charge in [0.1, 0.15) is 11.4 Å². The summed E-state index contributed by atoms with van der Waals surface area (Å²) in [4.78, 5) is 0. The smallest absolute Gasteiger partial charge is 0.380 e. The Morgan fingerprint density at radius 2 is 1.71 bits per heavy atom. The zero-order chi connectivity index (χ0) is 15.3. The largest absolute Gasteiger partial charge is 0.416 e. The van der Waals surface area contributed by atoms with Crippen LogP contribution in [0, 0.1) is 5.82 Å². The molecular formula is C16H12F4O. The van der Waals surface area contributed by atoms with Crippen molar-refractivity contribution in [1.29, 1.82) is 0 Å². The van der Waals surface area contributed by atoms with Gasteiger partial charge in [0.25, 0.3) is 0 Å². The van der Waals surface area contributed by atoms with Gasteiger partial charge in [-0.1, -0.05) is 24.3 Å². The second kappa shape index (κ2) is 4.56.